The largest absolute Gasteiger partial charge is 0.312 e. The lowest BCUT2D eigenvalue weighted by molar-refractivity contribution is 0.226. The molecule has 0 aromatic heterocycles. The minimum Gasteiger partial charge on any atom is -0.312 e. The lowest BCUT2D eigenvalue weighted by Crippen LogP contribution is -2.42. The van der Waals surface area contributed by atoms with Gasteiger partial charge in [-0.3, -0.25) is 0 Å². The van der Waals surface area contributed by atoms with Crippen LogP contribution in [-0.2, 0) is 0 Å². The second-order valence-electron chi connectivity index (χ2n) is 6.13. The maximum atomic E-state index is 5.92. The summed E-state index contributed by atoms with van der Waals surface area (Å²) >= 11 is 5.92. The van der Waals surface area contributed by atoms with E-state index in [2.05, 4.69) is 38.2 Å². The summed E-state index contributed by atoms with van der Waals surface area (Å²) in [7, 11) is 0. The molecule has 1 aromatic carbocycles. The number of halogens is 1. The van der Waals surface area contributed by atoms with E-state index in [-0.39, 0.29) is 5.54 Å². The summed E-state index contributed by atoms with van der Waals surface area (Å²) in [6.45, 7) is 7.80. The highest BCUT2D eigenvalue weighted by molar-refractivity contribution is 6.30. The Bertz CT molecular complexity index is 364. The number of rotatable bonds is 3. The standard InChI is InChI=1S/C15H22ClN/c1-15(2,3)17-10-12-6-9-14(12)11-4-7-13(16)8-5-11/h4-5,7-8,12,14,17H,6,9-10H2,1-3H3. The highest BCUT2D eigenvalue weighted by Crippen LogP contribution is 2.42. The summed E-state index contributed by atoms with van der Waals surface area (Å²) in [4.78, 5) is 0. The molecule has 17 heavy (non-hydrogen) atoms. The molecule has 0 heterocycles. The number of benzene rings is 1. The van der Waals surface area contributed by atoms with Gasteiger partial charge in [0.05, 0.1) is 0 Å². The van der Waals surface area contributed by atoms with E-state index in [0.717, 1.165) is 23.4 Å². The lowest BCUT2D eigenvalue weighted by atomic mass is 9.70. The third-order valence-electron chi connectivity index (χ3n) is 3.61. The molecule has 1 fully saturated rings. The normalized spacial score (nSPS) is 24.5. The van der Waals surface area contributed by atoms with Gasteiger partial charge < -0.3 is 5.32 Å². The molecular weight excluding hydrogens is 230 g/mol. The van der Waals surface area contributed by atoms with Gasteiger partial charge in [-0.2, -0.15) is 0 Å². The van der Waals surface area contributed by atoms with E-state index in [9.17, 15) is 0 Å². The lowest BCUT2D eigenvalue weighted by Gasteiger charge is -2.39. The first kappa shape index (κ1) is 12.9. The fourth-order valence-corrected chi connectivity index (χ4v) is 2.53. The molecule has 0 aliphatic heterocycles. The smallest absolute Gasteiger partial charge is 0.0406 e. The van der Waals surface area contributed by atoms with Gasteiger partial charge in [-0.25, -0.2) is 0 Å². The van der Waals surface area contributed by atoms with Crippen LogP contribution in [0.2, 0.25) is 5.02 Å². The second-order valence-corrected chi connectivity index (χ2v) is 6.56. The molecule has 1 aromatic rings. The molecule has 0 saturated heterocycles. The Morgan fingerprint density at radius 3 is 2.29 bits per heavy atom. The van der Waals surface area contributed by atoms with Gasteiger partial charge in [-0.1, -0.05) is 23.7 Å². The van der Waals surface area contributed by atoms with E-state index in [1.54, 1.807) is 0 Å². The number of hydrogen-bond donors (Lipinski definition) is 1. The van der Waals surface area contributed by atoms with E-state index in [4.69, 9.17) is 11.6 Å². The zero-order valence-corrected chi connectivity index (χ0v) is 11.7. The molecule has 1 saturated carbocycles. The molecule has 1 N–H and O–H groups in total. The molecule has 1 aliphatic carbocycles. The molecule has 2 heteroatoms. The third-order valence-corrected chi connectivity index (χ3v) is 3.86. The van der Waals surface area contributed by atoms with E-state index >= 15 is 0 Å². The van der Waals surface area contributed by atoms with Gasteiger partial charge in [0.15, 0.2) is 0 Å². The first-order chi connectivity index (χ1) is 7.96. The molecule has 2 unspecified atom stereocenters. The summed E-state index contributed by atoms with van der Waals surface area (Å²) in [5.74, 6) is 1.51. The molecule has 94 valence electrons. The highest BCUT2D eigenvalue weighted by Gasteiger charge is 2.32. The van der Waals surface area contributed by atoms with Crippen molar-refractivity contribution in [3.63, 3.8) is 0 Å². The molecule has 2 atom stereocenters. The van der Waals surface area contributed by atoms with Crippen molar-refractivity contribution in [3.8, 4) is 0 Å². The predicted octanol–water partition coefficient (Wildman–Crippen LogP) is 4.22. The Kier molecular flexibility index (Phi) is 3.79. The van der Waals surface area contributed by atoms with Gasteiger partial charge in [-0.05, 0) is 69.7 Å². The monoisotopic (exact) mass is 251 g/mol. The zero-order chi connectivity index (χ0) is 12.5. The van der Waals surface area contributed by atoms with Crippen molar-refractivity contribution in [3.05, 3.63) is 34.9 Å². The van der Waals surface area contributed by atoms with Gasteiger partial charge in [-0.15, -0.1) is 0 Å². The molecule has 1 nitrogen and oxygen atoms in total. The predicted molar refractivity (Wildman–Crippen MR) is 74.7 cm³/mol. The van der Waals surface area contributed by atoms with Crippen LogP contribution in [0, 0.1) is 5.92 Å². The number of hydrogen-bond acceptors (Lipinski definition) is 1. The maximum Gasteiger partial charge on any atom is 0.0406 e. The van der Waals surface area contributed by atoms with Crippen molar-refractivity contribution in [1.29, 1.82) is 0 Å². The Morgan fingerprint density at radius 2 is 1.82 bits per heavy atom. The highest BCUT2D eigenvalue weighted by atomic mass is 35.5. The molecule has 0 bridgehead atoms. The fraction of sp³-hybridized carbons (Fsp3) is 0.600. The van der Waals surface area contributed by atoms with Crippen LogP contribution >= 0.6 is 11.6 Å². The van der Waals surface area contributed by atoms with Gasteiger partial charge in [0.25, 0.3) is 0 Å². The van der Waals surface area contributed by atoms with Crippen LogP contribution in [0.5, 0.6) is 0 Å². The Labute approximate surface area is 110 Å². The minimum atomic E-state index is 0.222. The van der Waals surface area contributed by atoms with Crippen molar-refractivity contribution < 1.29 is 0 Å². The summed E-state index contributed by atoms with van der Waals surface area (Å²) in [5.41, 5.74) is 1.67. The van der Waals surface area contributed by atoms with Crippen molar-refractivity contribution >= 4 is 11.6 Å². The SMILES string of the molecule is CC(C)(C)NCC1CCC1c1ccc(Cl)cc1. The van der Waals surface area contributed by atoms with Crippen LogP contribution in [-0.4, -0.2) is 12.1 Å². The van der Waals surface area contributed by atoms with E-state index in [1.165, 1.54) is 18.4 Å². The van der Waals surface area contributed by atoms with E-state index in [0.29, 0.717) is 0 Å². The van der Waals surface area contributed by atoms with E-state index in [1.807, 2.05) is 12.1 Å². The van der Waals surface area contributed by atoms with Crippen molar-refractivity contribution in [1.82, 2.24) is 5.32 Å². The summed E-state index contributed by atoms with van der Waals surface area (Å²) in [5, 5.41) is 4.44. The summed E-state index contributed by atoms with van der Waals surface area (Å²) in [6.07, 6.45) is 2.66. The van der Waals surface area contributed by atoms with Crippen molar-refractivity contribution in [2.75, 3.05) is 6.54 Å². The van der Waals surface area contributed by atoms with Gasteiger partial charge in [0.2, 0.25) is 0 Å². The summed E-state index contributed by atoms with van der Waals surface area (Å²) < 4.78 is 0. The Morgan fingerprint density at radius 1 is 1.18 bits per heavy atom. The summed E-state index contributed by atoms with van der Waals surface area (Å²) in [6, 6.07) is 8.36. The van der Waals surface area contributed by atoms with Gasteiger partial charge in [0.1, 0.15) is 0 Å². The third kappa shape index (κ3) is 3.46. The topological polar surface area (TPSA) is 12.0 Å². The average Bonchev–Trinajstić information content (AvgIpc) is 2.18. The first-order valence-electron chi connectivity index (χ1n) is 6.46. The quantitative estimate of drug-likeness (QED) is 0.848. The Hall–Kier alpha value is -0.530. The van der Waals surface area contributed by atoms with Gasteiger partial charge >= 0.3 is 0 Å². The maximum absolute atomic E-state index is 5.92. The first-order valence-corrected chi connectivity index (χ1v) is 6.84. The molecular formula is C15H22ClN. The second kappa shape index (κ2) is 4.99. The van der Waals surface area contributed by atoms with Crippen LogP contribution in [0.4, 0.5) is 0 Å². The zero-order valence-electron chi connectivity index (χ0n) is 11.0. The average molecular weight is 252 g/mol. The van der Waals surface area contributed by atoms with Crippen LogP contribution in [0.15, 0.2) is 24.3 Å². The molecule has 2 rings (SSSR count). The van der Waals surface area contributed by atoms with Crippen molar-refractivity contribution in [2.24, 2.45) is 5.92 Å². The molecule has 0 amide bonds. The van der Waals surface area contributed by atoms with Crippen LogP contribution in [0.25, 0.3) is 0 Å². The van der Waals surface area contributed by atoms with Crippen LogP contribution < -0.4 is 5.32 Å². The fourth-order valence-electron chi connectivity index (χ4n) is 2.40. The van der Waals surface area contributed by atoms with Crippen molar-refractivity contribution in [2.45, 2.75) is 45.1 Å². The molecule has 1 aliphatic rings. The molecule has 0 spiro atoms. The van der Waals surface area contributed by atoms with Gasteiger partial charge in [0, 0.05) is 10.6 Å². The van der Waals surface area contributed by atoms with E-state index < -0.39 is 0 Å². The molecule has 0 radical (unpaired) electrons. The number of nitrogens with one attached hydrogen (secondary N) is 1. The van der Waals surface area contributed by atoms with Crippen LogP contribution in [0.1, 0.15) is 45.1 Å². The minimum absolute atomic E-state index is 0.222. The van der Waals surface area contributed by atoms with Crippen LogP contribution in [0.3, 0.4) is 0 Å². The Balaban J connectivity index is 1.92.